The highest BCUT2D eigenvalue weighted by Gasteiger charge is 2.34. The quantitative estimate of drug-likeness (QED) is 0.899. The summed E-state index contributed by atoms with van der Waals surface area (Å²) in [6, 6.07) is 11.3. The van der Waals surface area contributed by atoms with Crippen LogP contribution in [-0.4, -0.2) is 45.4 Å². The number of tetrazole rings is 1. The number of nitrogens with zero attached hydrogens (tertiary/aromatic N) is 5. The van der Waals surface area contributed by atoms with Gasteiger partial charge in [-0.1, -0.05) is 23.3 Å². The molecule has 0 radical (unpaired) electrons. The predicted molar refractivity (Wildman–Crippen MR) is 80.5 cm³/mol. The fourth-order valence-corrected chi connectivity index (χ4v) is 3.03. The molecule has 1 N–H and O–H groups in total. The van der Waals surface area contributed by atoms with Gasteiger partial charge in [0.1, 0.15) is 0 Å². The van der Waals surface area contributed by atoms with Crippen molar-refractivity contribution in [3.63, 3.8) is 0 Å². The third-order valence-electron chi connectivity index (χ3n) is 4.28. The van der Waals surface area contributed by atoms with Crippen molar-refractivity contribution in [3.05, 3.63) is 30.3 Å². The molecule has 2 heterocycles. The average Bonchev–Trinajstić information content (AvgIpc) is 3.03. The summed E-state index contributed by atoms with van der Waals surface area (Å²) in [5.41, 5.74) is 1.02. The third-order valence-corrected chi connectivity index (χ3v) is 4.28. The Morgan fingerprint density at radius 1 is 1.19 bits per heavy atom. The lowest BCUT2D eigenvalue weighted by atomic mass is 10.2. The van der Waals surface area contributed by atoms with Crippen molar-refractivity contribution in [1.29, 1.82) is 0 Å². The second kappa shape index (κ2) is 5.44. The largest absolute Gasteiger partial charge is 0.335 e. The average molecular weight is 284 g/mol. The summed E-state index contributed by atoms with van der Waals surface area (Å²) in [4.78, 5) is 2.38. The third kappa shape index (κ3) is 2.63. The summed E-state index contributed by atoms with van der Waals surface area (Å²) in [6.45, 7) is 2.13. The van der Waals surface area contributed by atoms with E-state index in [4.69, 9.17) is 0 Å². The summed E-state index contributed by atoms with van der Waals surface area (Å²) in [5.74, 6) is 0.873. The Morgan fingerprint density at radius 3 is 2.76 bits per heavy atom. The van der Waals surface area contributed by atoms with Crippen molar-refractivity contribution in [2.45, 2.75) is 37.8 Å². The van der Waals surface area contributed by atoms with E-state index >= 15 is 0 Å². The van der Waals surface area contributed by atoms with Gasteiger partial charge in [0, 0.05) is 18.6 Å². The number of rotatable bonds is 5. The van der Waals surface area contributed by atoms with Gasteiger partial charge in [-0.3, -0.25) is 0 Å². The Balaban J connectivity index is 1.62. The van der Waals surface area contributed by atoms with E-state index in [2.05, 4.69) is 25.7 Å². The molecule has 1 aliphatic carbocycles. The number of hydrogen-bond acceptors (Lipinski definition) is 5. The molecule has 6 heteroatoms. The highest BCUT2D eigenvalue weighted by molar-refractivity contribution is 5.42. The number of aromatic nitrogens is 4. The first-order valence-corrected chi connectivity index (χ1v) is 7.75. The van der Waals surface area contributed by atoms with Gasteiger partial charge in [0.2, 0.25) is 0 Å². The number of hydrogen-bond donors (Lipinski definition) is 1. The van der Waals surface area contributed by atoms with Gasteiger partial charge in [-0.25, -0.2) is 0 Å². The Hall–Kier alpha value is -1.95. The van der Waals surface area contributed by atoms with Crippen molar-refractivity contribution >= 4 is 5.95 Å². The molecule has 1 aromatic carbocycles. The van der Waals surface area contributed by atoms with Crippen molar-refractivity contribution in [1.82, 2.24) is 25.5 Å². The van der Waals surface area contributed by atoms with Crippen LogP contribution < -0.4 is 10.2 Å². The number of para-hydroxylation sites is 1. The smallest absolute Gasteiger partial charge is 0.250 e. The molecule has 4 rings (SSSR count). The van der Waals surface area contributed by atoms with E-state index in [1.54, 1.807) is 0 Å². The molecule has 1 atom stereocenters. The minimum absolute atomic E-state index is 0.562. The van der Waals surface area contributed by atoms with Crippen LogP contribution in [0.2, 0.25) is 0 Å². The van der Waals surface area contributed by atoms with Gasteiger partial charge in [0.25, 0.3) is 5.95 Å². The molecule has 2 fully saturated rings. The minimum atomic E-state index is 0.562. The molecular formula is C15H20N6. The summed E-state index contributed by atoms with van der Waals surface area (Å²) in [7, 11) is 0. The van der Waals surface area contributed by atoms with Crippen LogP contribution in [-0.2, 0) is 0 Å². The molecule has 110 valence electrons. The molecule has 0 spiro atoms. The van der Waals surface area contributed by atoms with Gasteiger partial charge in [0.15, 0.2) is 0 Å². The Labute approximate surface area is 124 Å². The fraction of sp³-hybridized carbons (Fsp3) is 0.533. The molecule has 1 saturated heterocycles. The first-order valence-electron chi connectivity index (χ1n) is 7.75. The molecule has 1 unspecified atom stereocenters. The number of benzene rings is 1. The Bertz CT molecular complexity index is 585. The molecule has 1 aromatic heterocycles. The van der Waals surface area contributed by atoms with E-state index in [1.165, 1.54) is 25.7 Å². The van der Waals surface area contributed by atoms with Crippen LogP contribution in [0, 0.1) is 0 Å². The van der Waals surface area contributed by atoms with Gasteiger partial charge < -0.3 is 10.2 Å². The van der Waals surface area contributed by atoms with Crippen LogP contribution >= 0.6 is 0 Å². The predicted octanol–water partition coefficient (Wildman–Crippen LogP) is 1.38. The highest BCUT2D eigenvalue weighted by Crippen LogP contribution is 2.31. The molecular weight excluding hydrogens is 264 g/mol. The van der Waals surface area contributed by atoms with Gasteiger partial charge in [0.05, 0.1) is 5.69 Å². The van der Waals surface area contributed by atoms with Crippen LogP contribution in [0.4, 0.5) is 5.95 Å². The van der Waals surface area contributed by atoms with Crippen LogP contribution in [0.3, 0.4) is 0 Å². The maximum atomic E-state index is 4.30. The summed E-state index contributed by atoms with van der Waals surface area (Å²) in [6.07, 6.45) is 5.01. The van der Waals surface area contributed by atoms with Crippen molar-refractivity contribution in [3.8, 4) is 5.69 Å². The molecule has 1 aliphatic heterocycles. The molecule has 2 aromatic rings. The zero-order valence-electron chi connectivity index (χ0n) is 12.0. The first-order chi connectivity index (χ1) is 10.4. The van der Waals surface area contributed by atoms with Gasteiger partial charge in [-0.15, -0.1) is 0 Å². The number of nitrogens with one attached hydrogen (secondary N) is 1. The van der Waals surface area contributed by atoms with Gasteiger partial charge >= 0.3 is 0 Å². The zero-order chi connectivity index (χ0) is 14.1. The lowest BCUT2D eigenvalue weighted by Crippen LogP contribution is -2.40. The van der Waals surface area contributed by atoms with Gasteiger partial charge in [-0.05, 0) is 54.8 Å². The van der Waals surface area contributed by atoms with Crippen molar-refractivity contribution < 1.29 is 0 Å². The fourth-order valence-electron chi connectivity index (χ4n) is 3.03. The Morgan fingerprint density at radius 2 is 2.05 bits per heavy atom. The Kier molecular flexibility index (Phi) is 3.31. The normalized spacial score (nSPS) is 21.6. The van der Waals surface area contributed by atoms with Crippen LogP contribution in [0.15, 0.2) is 30.3 Å². The molecule has 0 bridgehead atoms. The number of anilines is 1. The minimum Gasteiger partial charge on any atom is -0.335 e. The standard InChI is InChI=1S/C15H20N6/c1-2-6-14(7-3-1)21-15(17-18-19-21)20(13-8-9-13)11-12-5-4-10-16-12/h1-3,6-7,12-13,16H,4-5,8-11H2. The molecule has 0 amide bonds. The molecule has 21 heavy (non-hydrogen) atoms. The van der Waals surface area contributed by atoms with E-state index in [0.29, 0.717) is 12.1 Å². The SMILES string of the molecule is c1ccc(-n2nnnc2N(CC2CCCN2)C2CC2)cc1. The van der Waals surface area contributed by atoms with Crippen molar-refractivity contribution in [2.75, 3.05) is 18.0 Å². The first kappa shape index (κ1) is 12.8. The maximum Gasteiger partial charge on any atom is 0.250 e. The summed E-state index contributed by atoms with van der Waals surface area (Å²) in [5, 5.41) is 16.0. The van der Waals surface area contributed by atoms with Crippen LogP contribution in [0.25, 0.3) is 5.69 Å². The van der Waals surface area contributed by atoms with Crippen LogP contribution in [0.1, 0.15) is 25.7 Å². The topological polar surface area (TPSA) is 58.9 Å². The zero-order valence-corrected chi connectivity index (χ0v) is 12.0. The van der Waals surface area contributed by atoms with E-state index in [1.807, 2.05) is 35.0 Å². The van der Waals surface area contributed by atoms with Gasteiger partial charge in [-0.2, -0.15) is 4.68 Å². The highest BCUT2D eigenvalue weighted by atomic mass is 15.6. The van der Waals surface area contributed by atoms with E-state index in [0.717, 1.165) is 24.7 Å². The van der Waals surface area contributed by atoms with E-state index in [-0.39, 0.29) is 0 Å². The maximum absolute atomic E-state index is 4.30. The molecule has 1 saturated carbocycles. The summed E-state index contributed by atoms with van der Waals surface area (Å²) < 4.78 is 1.85. The molecule has 2 aliphatic rings. The monoisotopic (exact) mass is 284 g/mol. The summed E-state index contributed by atoms with van der Waals surface area (Å²) >= 11 is 0. The van der Waals surface area contributed by atoms with Crippen LogP contribution in [0.5, 0.6) is 0 Å². The van der Waals surface area contributed by atoms with E-state index in [9.17, 15) is 0 Å². The van der Waals surface area contributed by atoms with Crippen molar-refractivity contribution in [2.24, 2.45) is 0 Å². The van der Waals surface area contributed by atoms with E-state index < -0.39 is 0 Å². The second-order valence-electron chi connectivity index (χ2n) is 5.90. The lowest BCUT2D eigenvalue weighted by molar-refractivity contribution is 0.568. The second-order valence-corrected chi connectivity index (χ2v) is 5.90. The lowest BCUT2D eigenvalue weighted by Gasteiger charge is -2.26. The molecule has 6 nitrogen and oxygen atoms in total.